The van der Waals surface area contributed by atoms with Gasteiger partial charge in [-0.05, 0) is 63.2 Å². The second-order valence-electron chi connectivity index (χ2n) is 10.7. The predicted molar refractivity (Wildman–Crippen MR) is 163 cm³/mol. The first-order valence-corrected chi connectivity index (χ1v) is 13.7. The molecule has 5 rings (SSSR count). The molecule has 0 spiro atoms. The molecule has 1 aliphatic rings. The first kappa shape index (κ1) is 28.5. The number of amides is 3. The highest BCUT2D eigenvalue weighted by Crippen LogP contribution is 2.30. The molecule has 216 valence electrons. The Morgan fingerprint density at radius 1 is 0.952 bits per heavy atom. The molecule has 4 aromatic rings. The molecule has 0 saturated carbocycles. The van der Waals surface area contributed by atoms with E-state index < -0.39 is 11.7 Å². The lowest BCUT2D eigenvalue weighted by atomic mass is 10.1. The molecule has 0 bridgehead atoms. The molecular weight excluding hydrogens is 534 g/mol. The van der Waals surface area contributed by atoms with Crippen LogP contribution in [-0.2, 0) is 9.47 Å². The van der Waals surface area contributed by atoms with Crippen molar-refractivity contribution in [2.45, 2.75) is 26.4 Å². The average Bonchev–Trinajstić information content (AvgIpc) is 2.97. The van der Waals surface area contributed by atoms with Crippen LogP contribution in [0.3, 0.4) is 0 Å². The molecule has 0 atom stereocenters. The number of fused-ring (bicyclic) bond motifs is 1. The fraction of sp³-hybridized carbons (Fsp3) is 0.258. The fourth-order valence-electron chi connectivity index (χ4n) is 4.45. The zero-order valence-corrected chi connectivity index (χ0v) is 23.8. The Morgan fingerprint density at radius 3 is 2.50 bits per heavy atom. The summed E-state index contributed by atoms with van der Waals surface area (Å²) in [4.78, 5) is 36.4. The first-order chi connectivity index (χ1) is 20.2. The van der Waals surface area contributed by atoms with Crippen LogP contribution in [0.15, 0.2) is 66.7 Å². The first-order valence-electron chi connectivity index (χ1n) is 13.7. The van der Waals surface area contributed by atoms with Gasteiger partial charge in [0.25, 0.3) is 0 Å². The highest BCUT2D eigenvalue weighted by atomic mass is 16.6. The van der Waals surface area contributed by atoms with Gasteiger partial charge < -0.3 is 25.0 Å². The molecule has 3 aromatic carbocycles. The van der Waals surface area contributed by atoms with Crippen LogP contribution in [0, 0.1) is 0 Å². The lowest BCUT2D eigenvalue weighted by Crippen LogP contribution is -2.43. The van der Waals surface area contributed by atoms with Crippen LogP contribution >= 0.6 is 0 Å². The Morgan fingerprint density at radius 2 is 1.74 bits per heavy atom. The quantitative estimate of drug-likeness (QED) is 0.252. The van der Waals surface area contributed by atoms with Crippen LogP contribution in [-0.4, -0.2) is 65.1 Å². The molecule has 5 N–H and O–H groups in total. The van der Waals surface area contributed by atoms with Gasteiger partial charge in [0.15, 0.2) is 12.0 Å². The minimum Gasteiger partial charge on any atom is -0.444 e. The second-order valence-corrected chi connectivity index (χ2v) is 10.7. The number of anilines is 4. The van der Waals surface area contributed by atoms with Gasteiger partial charge in [0.1, 0.15) is 11.4 Å². The van der Waals surface area contributed by atoms with Gasteiger partial charge in [-0.2, -0.15) is 0 Å². The van der Waals surface area contributed by atoms with Crippen LogP contribution in [0.4, 0.5) is 32.5 Å². The van der Waals surface area contributed by atoms with Crippen LogP contribution in [0.25, 0.3) is 22.3 Å². The molecule has 0 unspecified atom stereocenters. The van der Waals surface area contributed by atoms with Crippen molar-refractivity contribution < 1.29 is 24.5 Å². The minimum atomic E-state index is -0.627. The molecule has 1 fully saturated rings. The molecule has 42 heavy (non-hydrogen) atoms. The Hall–Kier alpha value is -5.03. The zero-order chi connectivity index (χ0) is 29.7. The van der Waals surface area contributed by atoms with Crippen molar-refractivity contribution in [3.8, 4) is 11.4 Å². The van der Waals surface area contributed by atoms with Crippen molar-refractivity contribution in [1.29, 1.82) is 0 Å². The van der Waals surface area contributed by atoms with E-state index in [1.807, 2.05) is 60.7 Å². The molecule has 1 saturated heterocycles. The third kappa shape index (κ3) is 6.99. The number of para-hydroxylation sites is 1. The number of benzene rings is 3. The summed E-state index contributed by atoms with van der Waals surface area (Å²) in [6.07, 6.45) is 0.846. The summed E-state index contributed by atoms with van der Waals surface area (Å²) in [5, 5.41) is 15.8. The van der Waals surface area contributed by atoms with Crippen molar-refractivity contribution in [2.75, 3.05) is 42.3 Å². The van der Waals surface area contributed by atoms with E-state index in [2.05, 4.69) is 16.0 Å². The SMILES string of the molecule is CC(C)(C)OC(=O)Nc1ccc(Nc2nc(-c3cccc(NC(=O)N4CCOCC4)c3)nc3ccccc23)cc1C=[NH2+]. The Balaban J connectivity index is 1.41. The number of morpholine rings is 1. The second kappa shape index (κ2) is 12.2. The number of urea groups is 1. The zero-order valence-electron chi connectivity index (χ0n) is 23.8. The van der Waals surface area contributed by atoms with E-state index in [9.17, 15) is 9.59 Å². The average molecular weight is 569 g/mol. The number of nitrogens with two attached hydrogens (primary N) is 1. The fourth-order valence-corrected chi connectivity index (χ4v) is 4.45. The van der Waals surface area contributed by atoms with Crippen LogP contribution in [0.1, 0.15) is 26.3 Å². The Labute approximate surface area is 243 Å². The standard InChI is InChI=1S/C31H33N7O4/c1-31(2,3)42-30(40)36-25-12-11-23(18-21(25)19-32)33-28-24-9-4-5-10-26(24)35-27(37-28)20-7-6-8-22(17-20)34-29(39)38-13-15-41-16-14-38/h4-12,17-19,32H,13-16H2,1-3H3,(H,34,39)(H,36,40)(H,33,35,37)/p+1. The molecular formula is C31H34N7O4+. The van der Waals surface area contributed by atoms with Crippen LogP contribution < -0.4 is 21.4 Å². The van der Waals surface area contributed by atoms with E-state index >= 15 is 0 Å². The summed E-state index contributed by atoms with van der Waals surface area (Å²) >= 11 is 0. The summed E-state index contributed by atoms with van der Waals surface area (Å²) in [5.74, 6) is 1.08. The lowest BCUT2D eigenvalue weighted by Gasteiger charge is -2.27. The molecule has 0 aliphatic carbocycles. The van der Waals surface area contributed by atoms with Crippen molar-refractivity contribution in [1.82, 2.24) is 14.9 Å². The topological polar surface area (TPSA) is 143 Å². The van der Waals surface area contributed by atoms with Crippen LogP contribution in [0.2, 0.25) is 0 Å². The van der Waals surface area contributed by atoms with Gasteiger partial charge in [-0.25, -0.2) is 19.6 Å². The van der Waals surface area contributed by atoms with Crippen molar-refractivity contribution in [3.63, 3.8) is 0 Å². The van der Waals surface area contributed by atoms with E-state index in [0.717, 1.165) is 16.5 Å². The molecule has 1 aliphatic heterocycles. The largest absolute Gasteiger partial charge is 0.444 e. The third-order valence-electron chi connectivity index (χ3n) is 6.40. The summed E-state index contributed by atoms with van der Waals surface area (Å²) in [5.41, 5.74) is 3.35. The highest BCUT2D eigenvalue weighted by molar-refractivity contribution is 5.96. The summed E-state index contributed by atoms with van der Waals surface area (Å²) < 4.78 is 10.7. The lowest BCUT2D eigenvalue weighted by molar-refractivity contribution is -0.104. The van der Waals surface area contributed by atoms with E-state index in [-0.39, 0.29) is 6.03 Å². The van der Waals surface area contributed by atoms with Gasteiger partial charge >= 0.3 is 12.1 Å². The van der Waals surface area contributed by atoms with E-state index in [0.29, 0.717) is 60.6 Å². The number of nitrogens with one attached hydrogen (secondary N) is 3. The number of nitrogens with zero attached hydrogens (tertiary/aromatic N) is 3. The van der Waals surface area contributed by atoms with Gasteiger partial charge in [-0.15, -0.1) is 0 Å². The maximum absolute atomic E-state index is 12.7. The number of rotatable bonds is 6. The Bertz CT molecular complexity index is 1630. The van der Waals surface area contributed by atoms with Gasteiger partial charge in [-0.3, -0.25) is 10.7 Å². The Kier molecular flexibility index (Phi) is 8.30. The van der Waals surface area contributed by atoms with Gasteiger partial charge in [0, 0.05) is 35.4 Å². The predicted octanol–water partition coefficient (Wildman–Crippen LogP) is 4.43. The third-order valence-corrected chi connectivity index (χ3v) is 6.40. The smallest absolute Gasteiger partial charge is 0.412 e. The molecule has 0 radical (unpaired) electrons. The maximum Gasteiger partial charge on any atom is 0.412 e. The van der Waals surface area contributed by atoms with E-state index in [1.54, 1.807) is 31.7 Å². The molecule has 3 amide bonds. The van der Waals surface area contributed by atoms with Crippen molar-refractivity contribution >= 4 is 52.1 Å². The van der Waals surface area contributed by atoms with E-state index in [1.165, 1.54) is 6.21 Å². The number of carbonyl (C=O) groups excluding carboxylic acids is 2. The van der Waals surface area contributed by atoms with E-state index in [4.69, 9.17) is 24.9 Å². The number of aromatic nitrogens is 2. The summed E-state index contributed by atoms with van der Waals surface area (Å²) in [6, 6.07) is 20.3. The van der Waals surface area contributed by atoms with Crippen LogP contribution in [0.5, 0.6) is 0 Å². The summed E-state index contributed by atoms with van der Waals surface area (Å²) in [7, 11) is 0. The number of hydrogen-bond donors (Lipinski definition) is 4. The summed E-state index contributed by atoms with van der Waals surface area (Å²) in [6.45, 7) is 7.56. The normalized spacial score (nSPS) is 13.4. The number of carbonyl (C=O) groups is 2. The molecule has 2 heterocycles. The molecule has 11 heteroatoms. The molecule has 11 nitrogen and oxygen atoms in total. The monoisotopic (exact) mass is 568 g/mol. The maximum atomic E-state index is 12.7. The number of ether oxygens (including phenoxy) is 2. The van der Waals surface area contributed by atoms with Crippen molar-refractivity contribution in [2.24, 2.45) is 0 Å². The van der Waals surface area contributed by atoms with Gasteiger partial charge in [0.05, 0.1) is 30.0 Å². The van der Waals surface area contributed by atoms with Gasteiger partial charge in [-0.1, -0.05) is 24.3 Å². The van der Waals surface area contributed by atoms with Crippen molar-refractivity contribution in [3.05, 3.63) is 72.3 Å². The minimum absolute atomic E-state index is 0.172. The number of hydrogen-bond acceptors (Lipinski definition) is 7. The van der Waals surface area contributed by atoms with Gasteiger partial charge in [0.2, 0.25) is 0 Å². The molecule has 1 aromatic heterocycles. The highest BCUT2D eigenvalue weighted by Gasteiger charge is 2.19.